The molecule has 6 rings (SSSR count). The minimum Gasteiger partial charge on any atom is -0.493 e. The molecule has 4 aromatic carbocycles. The number of ether oxygens (including phenoxy) is 2. The summed E-state index contributed by atoms with van der Waals surface area (Å²) in [6.45, 7) is -0.308. The Bertz CT molecular complexity index is 1670. The Balaban J connectivity index is 1.40. The van der Waals surface area contributed by atoms with Crippen LogP contribution in [-0.2, 0) is 9.59 Å². The Hall–Kier alpha value is -4.98. The molecule has 0 N–H and O–H groups in total. The number of fused-ring (bicyclic) bond motifs is 2. The summed E-state index contributed by atoms with van der Waals surface area (Å²) in [4.78, 5) is 40.4. The Morgan fingerprint density at radius 3 is 2.41 bits per heavy atom. The number of carbonyl (C=O) groups excluding carboxylic acids is 3. The summed E-state index contributed by atoms with van der Waals surface area (Å²) in [5.74, 6) is -0.621. The zero-order chi connectivity index (χ0) is 27.1. The minimum absolute atomic E-state index is 0.299. The zero-order valence-electron chi connectivity index (χ0n) is 21.5. The molecule has 0 aromatic heterocycles. The van der Waals surface area contributed by atoms with Crippen molar-refractivity contribution >= 4 is 39.8 Å². The van der Waals surface area contributed by atoms with Crippen LogP contribution in [0.2, 0.25) is 0 Å². The van der Waals surface area contributed by atoms with Gasteiger partial charge in [-0.1, -0.05) is 60.7 Å². The van der Waals surface area contributed by atoms with Crippen molar-refractivity contribution in [2.75, 3.05) is 25.7 Å². The third-order valence-corrected chi connectivity index (χ3v) is 7.23. The molecule has 2 amide bonds. The van der Waals surface area contributed by atoms with Crippen LogP contribution in [0.4, 0.5) is 5.69 Å². The highest BCUT2D eigenvalue weighted by Gasteiger charge is 2.40. The molecule has 2 heterocycles. The van der Waals surface area contributed by atoms with Crippen molar-refractivity contribution in [2.24, 2.45) is 5.10 Å². The summed E-state index contributed by atoms with van der Waals surface area (Å²) in [6.07, 6.45) is 0.457. The standard InChI is InChI=1S/C31H25N3O5/c1-38-27-15-14-20(16-28(27)39-2)26-17-24(22-12-7-9-19-8-3-4-10-21(19)22)32-34(26)29(35)18-33-25-13-6-5-11-23(25)30(36)31(33)37/h3-16,26H,17-18H2,1-2H3. The number of anilines is 1. The summed E-state index contributed by atoms with van der Waals surface area (Å²) in [6, 6.07) is 25.8. The van der Waals surface area contributed by atoms with Crippen molar-refractivity contribution in [3.05, 3.63) is 102 Å². The lowest BCUT2D eigenvalue weighted by Gasteiger charge is -2.25. The van der Waals surface area contributed by atoms with E-state index >= 15 is 0 Å². The molecule has 39 heavy (non-hydrogen) atoms. The fourth-order valence-electron chi connectivity index (χ4n) is 5.31. The first-order valence-corrected chi connectivity index (χ1v) is 12.5. The number of carbonyl (C=O) groups is 3. The van der Waals surface area contributed by atoms with Crippen LogP contribution in [0.3, 0.4) is 0 Å². The fraction of sp³-hybridized carbons (Fsp3) is 0.161. The monoisotopic (exact) mass is 519 g/mol. The number of hydrogen-bond donors (Lipinski definition) is 0. The fourth-order valence-corrected chi connectivity index (χ4v) is 5.31. The molecule has 0 spiro atoms. The molecule has 8 heteroatoms. The van der Waals surface area contributed by atoms with Gasteiger partial charge >= 0.3 is 0 Å². The van der Waals surface area contributed by atoms with Crippen LogP contribution >= 0.6 is 0 Å². The molecule has 0 radical (unpaired) electrons. The van der Waals surface area contributed by atoms with E-state index in [4.69, 9.17) is 14.6 Å². The molecule has 2 aliphatic heterocycles. The number of ketones is 1. The molecule has 1 atom stereocenters. The largest absolute Gasteiger partial charge is 0.493 e. The Labute approximate surface area is 225 Å². The van der Waals surface area contributed by atoms with E-state index in [-0.39, 0.29) is 6.54 Å². The van der Waals surface area contributed by atoms with Crippen LogP contribution < -0.4 is 14.4 Å². The third kappa shape index (κ3) is 4.10. The lowest BCUT2D eigenvalue weighted by atomic mass is 9.95. The van der Waals surface area contributed by atoms with Crippen molar-refractivity contribution in [3.8, 4) is 11.5 Å². The van der Waals surface area contributed by atoms with Crippen LogP contribution in [0.25, 0.3) is 10.8 Å². The molecular formula is C31H25N3O5. The van der Waals surface area contributed by atoms with Crippen molar-refractivity contribution in [1.82, 2.24) is 5.01 Å². The molecule has 1 unspecified atom stereocenters. The molecule has 0 saturated carbocycles. The maximum atomic E-state index is 13.8. The van der Waals surface area contributed by atoms with Gasteiger partial charge in [-0.25, -0.2) is 5.01 Å². The Morgan fingerprint density at radius 1 is 0.872 bits per heavy atom. The first-order chi connectivity index (χ1) is 19.0. The van der Waals surface area contributed by atoms with Gasteiger partial charge in [0.05, 0.1) is 37.2 Å². The molecule has 0 bridgehead atoms. The van der Waals surface area contributed by atoms with Crippen LogP contribution in [-0.4, -0.2) is 49.1 Å². The van der Waals surface area contributed by atoms with Gasteiger partial charge in [0.2, 0.25) is 0 Å². The molecule has 0 saturated heterocycles. The average Bonchev–Trinajstić information content (AvgIpc) is 3.53. The highest BCUT2D eigenvalue weighted by Crippen LogP contribution is 2.39. The highest BCUT2D eigenvalue weighted by atomic mass is 16.5. The van der Waals surface area contributed by atoms with E-state index in [9.17, 15) is 14.4 Å². The predicted octanol–water partition coefficient (Wildman–Crippen LogP) is 4.76. The number of methoxy groups -OCH3 is 2. The molecule has 0 fully saturated rings. The second kappa shape index (κ2) is 9.72. The smallest absolute Gasteiger partial charge is 0.299 e. The van der Waals surface area contributed by atoms with Crippen LogP contribution in [0.15, 0.2) is 90.0 Å². The third-order valence-electron chi connectivity index (χ3n) is 7.23. The normalized spacial score (nSPS) is 16.5. The average molecular weight is 520 g/mol. The van der Waals surface area contributed by atoms with E-state index in [2.05, 4.69) is 0 Å². The number of benzene rings is 4. The van der Waals surface area contributed by atoms with E-state index in [0.717, 1.165) is 27.6 Å². The van der Waals surface area contributed by atoms with Gasteiger partial charge in [0.15, 0.2) is 11.5 Å². The molecular weight excluding hydrogens is 494 g/mol. The van der Waals surface area contributed by atoms with Crippen LogP contribution in [0, 0.1) is 0 Å². The zero-order valence-corrected chi connectivity index (χ0v) is 21.5. The Kier molecular flexibility index (Phi) is 6.07. The summed E-state index contributed by atoms with van der Waals surface area (Å²) in [5.41, 5.74) is 3.23. The molecule has 0 aliphatic carbocycles. The highest BCUT2D eigenvalue weighted by molar-refractivity contribution is 6.52. The second-order valence-corrected chi connectivity index (χ2v) is 9.38. The van der Waals surface area contributed by atoms with E-state index in [1.54, 1.807) is 44.6 Å². The first kappa shape index (κ1) is 24.4. The van der Waals surface area contributed by atoms with Crippen molar-refractivity contribution in [2.45, 2.75) is 12.5 Å². The van der Waals surface area contributed by atoms with E-state index < -0.39 is 23.6 Å². The second-order valence-electron chi connectivity index (χ2n) is 9.38. The summed E-state index contributed by atoms with van der Waals surface area (Å²) in [7, 11) is 3.13. The number of nitrogens with zero attached hydrogens (tertiary/aromatic N) is 3. The van der Waals surface area contributed by atoms with Gasteiger partial charge in [-0.05, 0) is 40.6 Å². The van der Waals surface area contributed by atoms with Crippen molar-refractivity contribution < 1.29 is 23.9 Å². The first-order valence-electron chi connectivity index (χ1n) is 12.5. The Morgan fingerprint density at radius 2 is 1.59 bits per heavy atom. The van der Waals surface area contributed by atoms with Gasteiger partial charge in [0, 0.05) is 12.0 Å². The summed E-state index contributed by atoms with van der Waals surface area (Å²) >= 11 is 0. The SMILES string of the molecule is COc1ccc(C2CC(c3cccc4ccccc34)=NN2C(=O)CN2C(=O)C(=O)c3ccccc32)cc1OC. The molecule has 4 aromatic rings. The van der Waals surface area contributed by atoms with Gasteiger partial charge in [0.25, 0.3) is 17.6 Å². The quantitative estimate of drug-likeness (QED) is 0.343. The predicted molar refractivity (Wildman–Crippen MR) is 147 cm³/mol. The minimum atomic E-state index is -0.718. The number of hydrogen-bond acceptors (Lipinski definition) is 6. The number of amides is 2. The number of hydrazone groups is 1. The molecule has 194 valence electrons. The lowest BCUT2D eigenvalue weighted by molar-refractivity contribution is -0.132. The number of Topliss-reactive ketones (excluding diaryl/α,β-unsaturated/α-hetero) is 1. The maximum Gasteiger partial charge on any atom is 0.299 e. The summed E-state index contributed by atoms with van der Waals surface area (Å²) in [5, 5.41) is 8.35. The van der Waals surface area contributed by atoms with Gasteiger partial charge < -0.3 is 9.47 Å². The topological polar surface area (TPSA) is 88.5 Å². The summed E-state index contributed by atoms with van der Waals surface area (Å²) < 4.78 is 10.9. The lowest BCUT2D eigenvalue weighted by Crippen LogP contribution is -2.40. The van der Waals surface area contributed by atoms with Gasteiger partial charge in [-0.15, -0.1) is 0 Å². The van der Waals surface area contributed by atoms with Crippen molar-refractivity contribution in [3.63, 3.8) is 0 Å². The molecule has 8 nitrogen and oxygen atoms in total. The van der Waals surface area contributed by atoms with Crippen LogP contribution in [0.1, 0.15) is 33.9 Å². The van der Waals surface area contributed by atoms with E-state index in [0.29, 0.717) is 29.2 Å². The van der Waals surface area contributed by atoms with Crippen LogP contribution in [0.5, 0.6) is 11.5 Å². The number of rotatable bonds is 6. The van der Waals surface area contributed by atoms with E-state index in [1.165, 1.54) is 9.91 Å². The van der Waals surface area contributed by atoms with Gasteiger partial charge in [0.1, 0.15) is 6.54 Å². The van der Waals surface area contributed by atoms with Gasteiger partial charge in [-0.2, -0.15) is 5.10 Å². The number of para-hydroxylation sites is 1. The van der Waals surface area contributed by atoms with E-state index in [1.807, 2.05) is 54.6 Å². The molecule has 2 aliphatic rings. The van der Waals surface area contributed by atoms with Gasteiger partial charge in [-0.3, -0.25) is 19.3 Å². The maximum absolute atomic E-state index is 13.8. The van der Waals surface area contributed by atoms with Crippen molar-refractivity contribution in [1.29, 1.82) is 0 Å².